The van der Waals surface area contributed by atoms with E-state index in [1.165, 1.54) is 31.2 Å². The van der Waals surface area contributed by atoms with E-state index in [0.717, 1.165) is 18.7 Å². The molecule has 1 aliphatic heterocycles. The summed E-state index contributed by atoms with van der Waals surface area (Å²) in [5, 5.41) is 3.53. The Hall–Kier alpha value is -1.36. The van der Waals surface area contributed by atoms with Gasteiger partial charge in [0.1, 0.15) is 0 Å². The molecule has 1 saturated heterocycles. The Morgan fingerprint density at radius 3 is 2.58 bits per heavy atom. The normalized spacial score (nSPS) is 22.5. The van der Waals surface area contributed by atoms with Crippen LogP contribution in [0.1, 0.15) is 42.9 Å². The Bertz CT molecular complexity index is 454. The molecule has 1 N–H and O–H groups in total. The number of aromatic nitrogens is 2. The van der Waals surface area contributed by atoms with Crippen LogP contribution in [0.5, 0.6) is 11.9 Å². The molecule has 0 radical (unpaired) electrons. The average molecular weight is 263 g/mol. The minimum atomic E-state index is 0.418. The molecule has 2 heterocycles. The van der Waals surface area contributed by atoms with E-state index in [4.69, 9.17) is 9.47 Å². The molecule has 0 spiro atoms. The predicted octanol–water partition coefficient (Wildman–Crippen LogP) is 1.67. The van der Waals surface area contributed by atoms with Crippen LogP contribution in [0.3, 0.4) is 0 Å². The summed E-state index contributed by atoms with van der Waals surface area (Å²) >= 11 is 0. The number of rotatable bonds is 5. The molecular weight excluding hydrogens is 242 g/mol. The van der Waals surface area contributed by atoms with Crippen LogP contribution in [0, 0.1) is 0 Å². The fraction of sp³-hybridized carbons (Fsp3) is 0.714. The predicted molar refractivity (Wildman–Crippen MR) is 71.8 cm³/mol. The zero-order chi connectivity index (χ0) is 13.2. The zero-order valence-corrected chi connectivity index (χ0v) is 11.6. The van der Waals surface area contributed by atoms with Gasteiger partial charge in [-0.1, -0.05) is 0 Å². The molecule has 0 aromatic carbocycles. The topological polar surface area (TPSA) is 56.3 Å². The number of nitrogens with zero attached hydrogens (tertiary/aromatic N) is 2. The second-order valence-corrected chi connectivity index (χ2v) is 5.36. The van der Waals surface area contributed by atoms with E-state index in [2.05, 4.69) is 15.3 Å². The Balaban J connectivity index is 1.93. The van der Waals surface area contributed by atoms with Gasteiger partial charge in [-0.3, -0.25) is 0 Å². The Kier molecular flexibility index (Phi) is 3.55. The van der Waals surface area contributed by atoms with Crippen LogP contribution in [0.15, 0.2) is 0 Å². The van der Waals surface area contributed by atoms with Gasteiger partial charge in [0, 0.05) is 17.5 Å². The van der Waals surface area contributed by atoms with E-state index < -0.39 is 0 Å². The largest absolute Gasteiger partial charge is 0.481 e. The van der Waals surface area contributed by atoms with Gasteiger partial charge in [-0.15, -0.1) is 0 Å². The summed E-state index contributed by atoms with van der Waals surface area (Å²) in [5.41, 5.74) is 2.31. The van der Waals surface area contributed by atoms with E-state index in [1.54, 1.807) is 14.2 Å². The van der Waals surface area contributed by atoms with Crippen molar-refractivity contribution in [3.63, 3.8) is 0 Å². The molecule has 3 rings (SSSR count). The van der Waals surface area contributed by atoms with Crippen molar-refractivity contribution in [3.05, 3.63) is 11.3 Å². The lowest BCUT2D eigenvalue weighted by Gasteiger charge is -2.16. The molecule has 5 nitrogen and oxygen atoms in total. The fourth-order valence-corrected chi connectivity index (χ4v) is 2.78. The van der Waals surface area contributed by atoms with E-state index >= 15 is 0 Å². The van der Waals surface area contributed by atoms with Crippen LogP contribution in [0.2, 0.25) is 0 Å². The quantitative estimate of drug-likeness (QED) is 0.875. The Morgan fingerprint density at radius 2 is 2.00 bits per heavy atom. The average Bonchev–Trinajstić information content (AvgIpc) is 3.16. The van der Waals surface area contributed by atoms with Crippen molar-refractivity contribution in [1.82, 2.24) is 15.3 Å². The van der Waals surface area contributed by atoms with Crippen LogP contribution in [-0.4, -0.2) is 36.8 Å². The van der Waals surface area contributed by atoms with Crippen LogP contribution in [-0.2, 0) is 6.42 Å². The number of hydrogen-bond donors (Lipinski definition) is 1. The lowest BCUT2D eigenvalue weighted by Crippen LogP contribution is -2.25. The first-order valence-electron chi connectivity index (χ1n) is 7.04. The summed E-state index contributed by atoms with van der Waals surface area (Å²) in [4.78, 5) is 8.90. The second-order valence-electron chi connectivity index (χ2n) is 5.36. The zero-order valence-electron chi connectivity index (χ0n) is 11.6. The molecule has 1 aromatic rings. The molecule has 2 fully saturated rings. The highest BCUT2D eigenvalue weighted by Crippen LogP contribution is 2.43. The first kappa shape index (κ1) is 12.7. The van der Waals surface area contributed by atoms with Crippen LogP contribution in [0.25, 0.3) is 0 Å². The Morgan fingerprint density at radius 1 is 1.16 bits per heavy atom. The summed E-state index contributed by atoms with van der Waals surface area (Å²) in [6.45, 7) is 1.11. The molecule has 19 heavy (non-hydrogen) atoms. The molecule has 1 saturated carbocycles. The smallest absolute Gasteiger partial charge is 0.319 e. The third-order valence-corrected chi connectivity index (χ3v) is 3.93. The van der Waals surface area contributed by atoms with Crippen LogP contribution >= 0.6 is 0 Å². The highest BCUT2D eigenvalue weighted by atomic mass is 16.5. The SMILES string of the molecule is COc1nc(OC)c(CC2CCCN2)c(C2CC2)n1. The maximum Gasteiger partial charge on any atom is 0.319 e. The van der Waals surface area contributed by atoms with Crippen molar-refractivity contribution in [2.24, 2.45) is 0 Å². The van der Waals surface area contributed by atoms with Crippen molar-refractivity contribution in [1.29, 1.82) is 0 Å². The lowest BCUT2D eigenvalue weighted by molar-refractivity contribution is 0.345. The summed E-state index contributed by atoms with van der Waals surface area (Å²) in [6, 6.07) is 0.949. The number of nitrogens with one attached hydrogen (secondary N) is 1. The van der Waals surface area contributed by atoms with Gasteiger partial charge >= 0.3 is 6.01 Å². The number of hydrogen-bond acceptors (Lipinski definition) is 5. The molecule has 1 aromatic heterocycles. The first-order chi connectivity index (χ1) is 9.31. The third-order valence-electron chi connectivity index (χ3n) is 3.93. The molecule has 0 bridgehead atoms. The maximum absolute atomic E-state index is 5.46. The first-order valence-corrected chi connectivity index (χ1v) is 7.04. The van der Waals surface area contributed by atoms with Crippen molar-refractivity contribution < 1.29 is 9.47 Å². The number of methoxy groups -OCH3 is 2. The molecule has 1 atom stereocenters. The lowest BCUT2D eigenvalue weighted by atomic mass is 10.0. The summed E-state index contributed by atoms with van der Waals surface area (Å²) < 4.78 is 10.6. The molecular formula is C14H21N3O2. The summed E-state index contributed by atoms with van der Waals surface area (Å²) in [7, 11) is 3.27. The van der Waals surface area contributed by atoms with Gasteiger partial charge in [0.15, 0.2) is 0 Å². The van der Waals surface area contributed by atoms with E-state index in [-0.39, 0.29) is 0 Å². The summed E-state index contributed by atoms with van der Waals surface area (Å²) in [6.07, 6.45) is 5.86. The van der Waals surface area contributed by atoms with Gasteiger partial charge in [-0.05, 0) is 38.6 Å². The van der Waals surface area contributed by atoms with Gasteiger partial charge in [0.05, 0.1) is 19.9 Å². The maximum atomic E-state index is 5.46. The van der Waals surface area contributed by atoms with Gasteiger partial charge in [0.25, 0.3) is 0 Å². The highest BCUT2D eigenvalue weighted by molar-refractivity contribution is 5.37. The van der Waals surface area contributed by atoms with E-state index in [1.807, 2.05) is 0 Å². The van der Waals surface area contributed by atoms with E-state index in [0.29, 0.717) is 23.9 Å². The fourth-order valence-electron chi connectivity index (χ4n) is 2.78. The van der Waals surface area contributed by atoms with Gasteiger partial charge in [0.2, 0.25) is 5.88 Å². The standard InChI is InChI=1S/C14H21N3O2/c1-18-13-11(8-10-4-3-7-15-10)12(9-5-6-9)16-14(17-13)19-2/h9-10,15H,3-8H2,1-2H3. The van der Waals surface area contributed by atoms with Gasteiger partial charge < -0.3 is 14.8 Å². The van der Waals surface area contributed by atoms with Crippen molar-refractivity contribution >= 4 is 0 Å². The third kappa shape index (κ3) is 2.66. The molecule has 104 valence electrons. The molecule has 1 unspecified atom stereocenters. The summed E-state index contributed by atoms with van der Waals surface area (Å²) in [5.74, 6) is 1.25. The van der Waals surface area contributed by atoms with Gasteiger partial charge in [-0.25, -0.2) is 0 Å². The highest BCUT2D eigenvalue weighted by Gasteiger charge is 2.32. The van der Waals surface area contributed by atoms with Crippen LogP contribution < -0.4 is 14.8 Å². The molecule has 5 heteroatoms. The van der Waals surface area contributed by atoms with Crippen LogP contribution in [0.4, 0.5) is 0 Å². The second kappa shape index (κ2) is 5.33. The number of ether oxygens (including phenoxy) is 2. The molecule has 0 amide bonds. The minimum Gasteiger partial charge on any atom is -0.481 e. The molecule has 1 aliphatic carbocycles. The van der Waals surface area contributed by atoms with E-state index in [9.17, 15) is 0 Å². The monoisotopic (exact) mass is 263 g/mol. The minimum absolute atomic E-state index is 0.418. The molecule has 2 aliphatic rings. The Labute approximate surface area is 113 Å². The van der Waals surface area contributed by atoms with Crippen molar-refractivity contribution in [3.8, 4) is 11.9 Å². The van der Waals surface area contributed by atoms with Crippen molar-refractivity contribution in [2.45, 2.75) is 44.1 Å². The van der Waals surface area contributed by atoms with Gasteiger partial charge in [-0.2, -0.15) is 9.97 Å². The van der Waals surface area contributed by atoms with Crippen molar-refractivity contribution in [2.75, 3.05) is 20.8 Å².